The van der Waals surface area contributed by atoms with Crippen LogP contribution in [0.1, 0.15) is 50.6 Å². The van der Waals surface area contributed by atoms with Gasteiger partial charge in [0.2, 0.25) is 5.91 Å². The Labute approximate surface area is 164 Å². The second-order valence-electron chi connectivity index (χ2n) is 7.34. The molecule has 1 aliphatic heterocycles. The van der Waals surface area contributed by atoms with Gasteiger partial charge >= 0.3 is 5.97 Å². The summed E-state index contributed by atoms with van der Waals surface area (Å²) in [5, 5.41) is 3.37. The Balaban J connectivity index is 1.44. The van der Waals surface area contributed by atoms with E-state index < -0.39 is 11.9 Å². The summed E-state index contributed by atoms with van der Waals surface area (Å²) < 4.78 is 5.15. The molecule has 0 aromatic heterocycles. The van der Waals surface area contributed by atoms with Gasteiger partial charge in [-0.2, -0.15) is 0 Å². The minimum atomic E-state index is -0.477. The van der Waals surface area contributed by atoms with Crippen molar-refractivity contribution >= 4 is 29.4 Å². The van der Waals surface area contributed by atoms with Crippen molar-refractivity contribution in [1.82, 2.24) is 10.2 Å². The highest BCUT2D eigenvalue weighted by Gasteiger charge is 2.39. The maximum atomic E-state index is 12.3. The highest BCUT2D eigenvalue weighted by molar-refractivity contribution is 6.30. The van der Waals surface area contributed by atoms with E-state index in [1.807, 2.05) is 24.0 Å². The van der Waals surface area contributed by atoms with Crippen molar-refractivity contribution in [2.45, 2.75) is 51.1 Å². The summed E-state index contributed by atoms with van der Waals surface area (Å²) in [6, 6.07) is 7.23. The van der Waals surface area contributed by atoms with Crippen LogP contribution in [-0.4, -0.2) is 41.9 Å². The Morgan fingerprint density at radius 2 is 2.07 bits per heavy atom. The SMILES string of the molecule is C[C@H](NC(=O)COC(=O)[C@@H]1CC(=O)N(C2CCCC2)C1)c1cccc(Cl)c1. The van der Waals surface area contributed by atoms with Crippen LogP contribution in [0.25, 0.3) is 0 Å². The molecular weight excluding hydrogens is 368 g/mol. The van der Waals surface area contributed by atoms with Crippen LogP contribution in [0.4, 0.5) is 0 Å². The van der Waals surface area contributed by atoms with Crippen LogP contribution in [0.2, 0.25) is 5.02 Å². The topological polar surface area (TPSA) is 75.7 Å². The summed E-state index contributed by atoms with van der Waals surface area (Å²) in [7, 11) is 0. The van der Waals surface area contributed by atoms with Crippen LogP contribution < -0.4 is 5.32 Å². The molecule has 1 aromatic rings. The van der Waals surface area contributed by atoms with E-state index in [0.29, 0.717) is 11.6 Å². The van der Waals surface area contributed by atoms with Gasteiger partial charge in [-0.1, -0.05) is 36.6 Å². The van der Waals surface area contributed by atoms with Crippen molar-refractivity contribution in [3.05, 3.63) is 34.9 Å². The molecule has 3 rings (SSSR count). The molecule has 1 aromatic carbocycles. The predicted octanol–water partition coefficient (Wildman–Crippen LogP) is 2.85. The zero-order chi connectivity index (χ0) is 19.4. The number of hydrogen-bond donors (Lipinski definition) is 1. The van der Waals surface area contributed by atoms with Gasteiger partial charge in [0, 0.05) is 24.0 Å². The summed E-state index contributed by atoms with van der Waals surface area (Å²) in [5.41, 5.74) is 0.871. The number of ether oxygens (including phenoxy) is 1. The molecule has 2 atom stereocenters. The third-order valence-corrected chi connectivity index (χ3v) is 5.56. The van der Waals surface area contributed by atoms with E-state index in [4.69, 9.17) is 16.3 Å². The predicted molar refractivity (Wildman–Crippen MR) is 101 cm³/mol. The van der Waals surface area contributed by atoms with Crippen molar-refractivity contribution in [2.24, 2.45) is 5.92 Å². The number of carbonyl (C=O) groups excluding carboxylic acids is 3. The fraction of sp³-hybridized carbons (Fsp3) is 0.550. The highest BCUT2D eigenvalue weighted by atomic mass is 35.5. The van der Waals surface area contributed by atoms with Gasteiger partial charge in [0.25, 0.3) is 5.91 Å². The number of benzene rings is 1. The smallest absolute Gasteiger partial charge is 0.311 e. The fourth-order valence-corrected chi connectivity index (χ4v) is 4.05. The van der Waals surface area contributed by atoms with Crippen molar-refractivity contribution in [3.8, 4) is 0 Å². The third kappa shape index (κ3) is 5.01. The Kier molecular flexibility index (Phi) is 6.37. The van der Waals surface area contributed by atoms with E-state index in [1.54, 1.807) is 12.1 Å². The number of esters is 1. The average molecular weight is 393 g/mol. The fourth-order valence-electron chi connectivity index (χ4n) is 3.86. The van der Waals surface area contributed by atoms with Crippen LogP contribution >= 0.6 is 11.6 Å². The van der Waals surface area contributed by atoms with Gasteiger partial charge < -0.3 is 15.0 Å². The van der Waals surface area contributed by atoms with Crippen LogP contribution in [-0.2, 0) is 19.1 Å². The van der Waals surface area contributed by atoms with Gasteiger partial charge in [0.05, 0.1) is 12.0 Å². The van der Waals surface area contributed by atoms with Gasteiger partial charge in [0.1, 0.15) is 0 Å². The van der Waals surface area contributed by atoms with Gasteiger partial charge in [0.15, 0.2) is 6.61 Å². The highest BCUT2D eigenvalue weighted by Crippen LogP contribution is 2.29. The molecule has 1 saturated heterocycles. The number of amides is 2. The van der Waals surface area contributed by atoms with Crippen molar-refractivity contribution in [3.63, 3.8) is 0 Å². The lowest BCUT2D eigenvalue weighted by Gasteiger charge is -2.23. The zero-order valence-corrected chi connectivity index (χ0v) is 16.2. The summed E-state index contributed by atoms with van der Waals surface area (Å²) in [6.45, 7) is 1.89. The second-order valence-corrected chi connectivity index (χ2v) is 7.77. The maximum absolute atomic E-state index is 12.3. The van der Waals surface area contributed by atoms with E-state index in [2.05, 4.69) is 5.32 Å². The minimum absolute atomic E-state index is 0.0166. The Morgan fingerprint density at radius 1 is 1.33 bits per heavy atom. The second kappa shape index (κ2) is 8.74. The van der Waals surface area contributed by atoms with Crippen LogP contribution in [0.5, 0.6) is 0 Å². The molecule has 0 bridgehead atoms. The molecule has 2 fully saturated rings. The van der Waals surface area contributed by atoms with Crippen LogP contribution in [0.15, 0.2) is 24.3 Å². The molecule has 27 heavy (non-hydrogen) atoms. The number of nitrogens with one attached hydrogen (secondary N) is 1. The minimum Gasteiger partial charge on any atom is -0.455 e. The molecule has 1 aliphatic carbocycles. The summed E-state index contributed by atoms with van der Waals surface area (Å²) in [5.74, 6) is -1.32. The summed E-state index contributed by atoms with van der Waals surface area (Å²) >= 11 is 5.96. The Morgan fingerprint density at radius 3 is 2.78 bits per heavy atom. The molecule has 146 valence electrons. The lowest BCUT2D eigenvalue weighted by Crippen LogP contribution is -2.35. The standard InChI is InChI=1S/C20H25ClN2O4/c1-13(14-5-4-6-16(21)9-14)22-18(24)12-27-20(26)15-10-19(25)23(11-15)17-7-2-3-8-17/h4-6,9,13,15,17H,2-3,7-8,10-12H2,1H3,(H,22,24)/t13-,15+/m0/s1. The zero-order valence-electron chi connectivity index (χ0n) is 15.4. The van der Waals surface area contributed by atoms with E-state index >= 15 is 0 Å². The van der Waals surface area contributed by atoms with Crippen LogP contribution in [0, 0.1) is 5.92 Å². The van der Waals surface area contributed by atoms with Crippen molar-refractivity contribution in [1.29, 1.82) is 0 Å². The first-order valence-corrected chi connectivity index (χ1v) is 9.82. The quantitative estimate of drug-likeness (QED) is 0.755. The molecular formula is C20H25ClN2O4. The lowest BCUT2D eigenvalue weighted by atomic mass is 10.1. The van der Waals surface area contributed by atoms with Gasteiger partial charge in [-0.05, 0) is 37.5 Å². The summed E-state index contributed by atoms with van der Waals surface area (Å²) in [4.78, 5) is 38.3. The molecule has 1 N–H and O–H groups in total. The first-order valence-electron chi connectivity index (χ1n) is 9.45. The number of nitrogens with zero attached hydrogens (tertiary/aromatic N) is 1. The van der Waals surface area contributed by atoms with Crippen molar-refractivity contribution < 1.29 is 19.1 Å². The molecule has 2 aliphatic rings. The number of rotatable bonds is 6. The third-order valence-electron chi connectivity index (χ3n) is 5.33. The van der Waals surface area contributed by atoms with E-state index in [9.17, 15) is 14.4 Å². The van der Waals surface area contributed by atoms with E-state index in [1.165, 1.54) is 0 Å². The van der Waals surface area contributed by atoms with Gasteiger partial charge in [-0.15, -0.1) is 0 Å². The largest absolute Gasteiger partial charge is 0.455 e. The maximum Gasteiger partial charge on any atom is 0.311 e. The number of carbonyl (C=O) groups is 3. The van der Waals surface area contributed by atoms with Gasteiger partial charge in [-0.3, -0.25) is 14.4 Å². The first-order chi connectivity index (χ1) is 12.9. The molecule has 1 saturated carbocycles. The molecule has 0 unspecified atom stereocenters. The van der Waals surface area contributed by atoms with Gasteiger partial charge in [-0.25, -0.2) is 0 Å². The normalized spacial score (nSPS) is 21.3. The molecule has 0 spiro atoms. The molecule has 0 radical (unpaired) electrons. The Bertz CT molecular complexity index is 718. The average Bonchev–Trinajstić information content (AvgIpc) is 3.29. The molecule has 6 nitrogen and oxygen atoms in total. The number of hydrogen-bond acceptors (Lipinski definition) is 4. The number of likely N-dealkylation sites (tertiary alicyclic amines) is 1. The first kappa shape index (κ1) is 19.7. The van der Waals surface area contributed by atoms with Crippen LogP contribution in [0.3, 0.4) is 0 Å². The summed E-state index contributed by atoms with van der Waals surface area (Å²) in [6.07, 6.45) is 4.47. The van der Waals surface area contributed by atoms with E-state index in [0.717, 1.165) is 31.2 Å². The monoisotopic (exact) mass is 392 g/mol. The molecule has 2 amide bonds. The molecule has 7 heteroatoms. The molecule has 1 heterocycles. The lowest BCUT2D eigenvalue weighted by molar-refractivity contribution is -0.152. The van der Waals surface area contributed by atoms with E-state index in [-0.39, 0.29) is 36.9 Å². The Hall–Kier alpha value is -2.08. The number of halogens is 1. The van der Waals surface area contributed by atoms with Crippen molar-refractivity contribution in [2.75, 3.05) is 13.2 Å².